The Bertz CT molecular complexity index is 1110. The van der Waals surface area contributed by atoms with Gasteiger partial charge < -0.3 is 5.73 Å². The number of benzene rings is 3. The van der Waals surface area contributed by atoms with E-state index in [-0.39, 0.29) is 0 Å². The molecule has 4 rings (SSSR count). The first-order chi connectivity index (χ1) is 12.6. The van der Waals surface area contributed by atoms with Crippen LogP contribution >= 0.6 is 11.6 Å². The highest BCUT2D eigenvalue weighted by Gasteiger charge is 2.12. The van der Waals surface area contributed by atoms with Gasteiger partial charge in [-0.25, -0.2) is 4.98 Å². The zero-order valence-electron chi connectivity index (χ0n) is 13.8. The van der Waals surface area contributed by atoms with Gasteiger partial charge in [-0.05, 0) is 41.5 Å². The van der Waals surface area contributed by atoms with Crippen molar-refractivity contribution in [1.82, 2.24) is 4.98 Å². The Balaban J connectivity index is 1.91. The second kappa shape index (κ2) is 6.62. The van der Waals surface area contributed by atoms with Crippen molar-refractivity contribution in [2.75, 3.05) is 0 Å². The topological polar surface area (TPSA) is 56.0 Å². The number of nitrogens with two attached hydrogens (primary N) is 1. The van der Waals surface area contributed by atoms with Crippen LogP contribution in [0.5, 0.6) is 0 Å². The number of halogens is 1. The second-order valence-corrected chi connectivity index (χ2v) is 6.46. The molecular formula is C22H15ClN2O. The number of hydrogen-bond donors (Lipinski definition) is 1. The van der Waals surface area contributed by atoms with E-state index in [1.54, 1.807) is 6.07 Å². The first kappa shape index (κ1) is 16.3. The van der Waals surface area contributed by atoms with E-state index in [1.165, 1.54) is 0 Å². The largest absolute Gasteiger partial charge is 0.366 e. The fraction of sp³-hybridized carbons (Fsp3) is 0. The third kappa shape index (κ3) is 3.05. The number of rotatable bonds is 3. The fourth-order valence-electron chi connectivity index (χ4n) is 3.01. The van der Waals surface area contributed by atoms with E-state index >= 15 is 0 Å². The van der Waals surface area contributed by atoms with E-state index in [9.17, 15) is 4.79 Å². The lowest BCUT2D eigenvalue weighted by molar-refractivity contribution is 0.100. The van der Waals surface area contributed by atoms with Gasteiger partial charge in [0, 0.05) is 16.0 Å². The van der Waals surface area contributed by atoms with Gasteiger partial charge in [-0.2, -0.15) is 0 Å². The Morgan fingerprint density at radius 2 is 1.50 bits per heavy atom. The molecule has 4 aromatic rings. The van der Waals surface area contributed by atoms with Crippen LogP contribution in [0.25, 0.3) is 33.3 Å². The normalized spacial score (nSPS) is 10.8. The summed E-state index contributed by atoms with van der Waals surface area (Å²) in [6, 6.07) is 24.9. The average molecular weight is 359 g/mol. The highest BCUT2D eigenvalue weighted by molar-refractivity contribution is 6.30. The molecule has 0 saturated heterocycles. The number of amides is 1. The zero-order valence-corrected chi connectivity index (χ0v) is 14.6. The van der Waals surface area contributed by atoms with Crippen molar-refractivity contribution < 1.29 is 4.79 Å². The predicted molar refractivity (Wildman–Crippen MR) is 106 cm³/mol. The van der Waals surface area contributed by atoms with Gasteiger partial charge in [0.15, 0.2) is 0 Å². The van der Waals surface area contributed by atoms with E-state index < -0.39 is 5.91 Å². The van der Waals surface area contributed by atoms with Gasteiger partial charge in [0.1, 0.15) is 0 Å². The molecule has 1 heterocycles. The second-order valence-electron chi connectivity index (χ2n) is 6.02. The van der Waals surface area contributed by atoms with E-state index in [0.29, 0.717) is 10.6 Å². The lowest BCUT2D eigenvalue weighted by atomic mass is 9.99. The summed E-state index contributed by atoms with van der Waals surface area (Å²) < 4.78 is 0. The molecule has 0 radical (unpaired) electrons. The standard InChI is InChI=1S/C22H15ClN2O/c23-17-9-6-14(7-10-17)16-8-11-20-18(12-16)19(22(24)26)13-21(25-20)15-4-2-1-3-5-15/h1-13H,(H2,24,26). The van der Waals surface area contributed by atoms with Crippen LogP contribution in [-0.4, -0.2) is 10.9 Å². The molecular weight excluding hydrogens is 344 g/mol. The van der Waals surface area contributed by atoms with Crippen LogP contribution < -0.4 is 5.73 Å². The predicted octanol–water partition coefficient (Wildman–Crippen LogP) is 5.32. The van der Waals surface area contributed by atoms with Crippen LogP contribution in [0.2, 0.25) is 5.02 Å². The highest BCUT2D eigenvalue weighted by Crippen LogP contribution is 2.29. The molecule has 0 aliphatic heterocycles. The minimum absolute atomic E-state index is 0.463. The summed E-state index contributed by atoms with van der Waals surface area (Å²) >= 11 is 5.97. The Morgan fingerprint density at radius 3 is 2.19 bits per heavy atom. The number of primary amides is 1. The minimum atomic E-state index is -0.470. The number of carbonyl (C=O) groups excluding carboxylic acids is 1. The van der Waals surface area contributed by atoms with Gasteiger partial charge in [-0.1, -0.05) is 60.1 Å². The third-order valence-corrected chi connectivity index (χ3v) is 4.57. The van der Waals surface area contributed by atoms with Crippen molar-refractivity contribution >= 4 is 28.4 Å². The molecule has 0 atom stereocenters. The number of hydrogen-bond acceptors (Lipinski definition) is 2. The molecule has 0 aliphatic rings. The van der Waals surface area contributed by atoms with Crippen molar-refractivity contribution in [2.45, 2.75) is 0 Å². The summed E-state index contributed by atoms with van der Waals surface area (Å²) in [5.74, 6) is -0.470. The molecule has 0 aliphatic carbocycles. The monoisotopic (exact) mass is 358 g/mol. The van der Waals surface area contributed by atoms with Gasteiger partial charge in [-0.3, -0.25) is 4.79 Å². The molecule has 3 nitrogen and oxygen atoms in total. The van der Waals surface area contributed by atoms with Crippen molar-refractivity contribution in [1.29, 1.82) is 0 Å². The zero-order chi connectivity index (χ0) is 18.1. The van der Waals surface area contributed by atoms with Crippen LogP contribution in [0.15, 0.2) is 78.9 Å². The first-order valence-electron chi connectivity index (χ1n) is 8.18. The number of pyridine rings is 1. The molecule has 2 N–H and O–H groups in total. The molecule has 0 spiro atoms. The van der Waals surface area contributed by atoms with Gasteiger partial charge in [-0.15, -0.1) is 0 Å². The summed E-state index contributed by atoms with van der Waals surface area (Å²) in [4.78, 5) is 16.8. The lowest BCUT2D eigenvalue weighted by Crippen LogP contribution is -2.12. The Hall–Kier alpha value is -3.17. The molecule has 0 saturated carbocycles. The van der Waals surface area contributed by atoms with Gasteiger partial charge in [0.05, 0.1) is 16.8 Å². The summed E-state index contributed by atoms with van der Waals surface area (Å²) in [7, 11) is 0. The maximum atomic E-state index is 12.1. The third-order valence-electron chi connectivity index (χ3n) is 4.32. The molecule has 1 amide bonds. The van der Waals surface area contributed by atoms with Crippen molar-refractivity contribution in [3.05, 3.63) is 89.4 Å². The minimum Gasteiger partial charge on any atom is -0.366 e. The quantitative estimate of drug-likeness (QED) is 0.538. The number of nitrogens with zero attached hydrogens (tertiary/aromatic N) is 1. The van der Waals surface area contributed by atoms with E-state index in [1.807, 2.05) is 72.8 Å². The van der Waals surface area contributed by atoms with E-state index in [0.717, 1.165) is 33.3 Å². The maximum Gasteiger partial charge on any atom is 0.249 e. The van der Waals surface area contributed by atoms with E-state index in [4.69, 9.17) is 22.3 Å². The van der Waals surface area contributed by atoms with Crippen molar-refractivity contribution in [3.8, 4) is 22.4 Å². The van der Waals surface area contributed by atoms with Gasteiger partial charge in [0.2, 0.25) is 5.91 Å². The molecule has 26 heavy (non-hydrogen) atoms. The molecule has 4 heteroatoms. The Morgan fingerprint density at radius 1 is 0.808 bits per heavy atom. The highest BCUT2D eigenvalue weighted by atomic mass is 35.5. The molecule has 0 fully saturated rings. The Kier molecular flexibility index (Phi) is 4.15. The molecule has 1 aromatic heterocycles. The smallest absolute Gasteiger partial charge is 0.249 e. The van der Waals surface area contributed by atoms with Crippen LogP contribution in [0.3, 0.4) is 0 Å². The molecule has 0 bridgehead atoms. The summed E-state index contributed by atoms with van der Waals surface area (Å²) in [5.41, 5.74) is 10.5. The summed E-state index contributed by atoms with van der Waals surface area (Å²) in [6.45, 7) is 0. The SMILES string of the molecule is NC(=O)c1cc(-c2ccccc2)nc2ccc(-c3ccc(Cl)cc3)cc12. The van der Waals surface area contributed by atoms with Crippen LogP contribution in [0.1, 0.15) is 10.4 Å². The maximum absolute atomic E-state index is 12.1. The first-order valence-corrected chi connectivity index (χ1v) is 8.55. The summed E-state index contributed by atoms with van der Waals surface area (Å²) in [6.07, 6.45) is 0. The Labute approximate surface area is 156 Å². The lowest BCUT2D eigenvalue weighted by Gasteiger charge is -2.10. The van der Waals surface area contributed by atoms with Crippen LogP contribution in [0, 0.1) is 0 Å². The number of carbonyl (C=O) groups is 1. The number of fused-ring (bicyclic) bond motifs is 1. The van der Waals surface area contributed by atoms with Crippen LogP contribution in [-0.2, 0) is 0 Å². The van der Waals surface area contributed by atoms with Crippen LogP contribution in [0.4, 0.5) is 0 Å². The van der Waals surface area contributed by atoms with Crippen molar-refractivity contribution in [2.24, 2.45) is 5.73 Å². The van der Waals surface area contributed by atoms with Gasteiger partial charge in [0.25, 0.3) is 0 Å². The fourth-order valence-corrected chi connectivity index (χ4v) is 3.13. The molecule has 126 valence electrons. The summed E-state index contributed by atoms with van der Waals surface area (Å²) in [5, 5.41) is 1.42. The average Bonchev–Trinajstić information content (AvgIpc) is 2.68. The molecule has 0 unspecified atom stereocenters. The van der Waals surface area contributed by atoms with Crippen molar-refractivity contribution in [3.63, 3.8) is 0 Å². The van der Waals surface area contributed by atoms with E-state index in [2.05, 4.69) is 0 Å². The number of aromatic nitrogens is 1. The molecule has 3 aromatic carbocycles. The van der Waals surface area contributed by atoms with Gasteiger partial charge >= 0.3 is 0 Å².